The standard InChI is InChI=1S/C12H13BrN2O3/c13-10-4-2-9(18-10)3-6-12(17)15-8-1-5-11(16)14-7-8/h2-4,6,8H,1,5,7H2,(H,14,16)(H,15,17)/b6-3+. The molecule has 5 nitrogen and oxygen atoms in total. The van der Waals surface area contributed by atoms with E-state index >= 15 is 0 Å². The summed E-state index contributed by atoms with van der Waals surface area (Å²) in [5.41, 5.74) is 0. The van der Waals surface area contributed by atoms with E-state index < -0.39 is 0 Å². The molecule has 1 fully saturated rings. The second-order valence-electron chi connectivity index (χ2n) is 4.02. The lowest BCUT2D eigenvalue weighted by Crippen LogP contribution is -2.47. The zero-order chi connectivity index (χ0) is 13.0. The topological polar surface area (TPSA) is 71.3 Å². The average molecular weight is 313 g/mol. The van der Waals surface area contributed by atoms with Gasteiger partial charge in [0.05, 0.1) is 0 Å². The first kappa shape index (κ1) is 12.9. The predicted octanol–water partition coefficient (Wildman–Crippen LogP) is 1.45. The molecule has 2 N–H and O–H groups in total. The number of carbonyl (C=O) groups excluding carboxylic acids is 2. The van der Waals surface area contributed by atoms with Crippen molar-refractivity contribution in [2.45, 2.75) is 18.9 Å². The fourth-order valence-electron chi connectivity index (χ4n) is 1.68. The molecule has 0 saturated carbocycles. The van der Waals surface area contributed by atoms with E-state index in [1.165, 1.54) is 6.08 Å². The van der Waals surface area contributed by atoms with Crippen LogP contribution in [0.1, 0.15) is 18.6 Å². The van der Waals surface area contributed by atoms with E-state index in [1.54, 1.807) is 18.2 Å². The quantitative estimate of drug-likeness (QED) is 0.830. The minimum atomic E-state index is -0.191. The molecule has 18 heavy (non-hydrogen) atoms. The van der Waals surface area contributed by atoms with Gasteiger partial charge in [-0.2, -0.15) is 0 Å². The zero-order valence-electron chi connectivity index (χ0n) is 9.61. The van der Waals surface area contributed by atoms with Crippen molar-refractivity contribution in [2.75, 3.05) is 6.54 Å². The van der Waals surface area contributed by atoms with E-state index in [4.69, 9.17) is 4.42 Å². The van der Waals surface area contributed by atoms with Crippen molar-refractivity contribution in [2.24, 2.45) is 0 Å². The van der Waals surface area contributed by atoms with Gasteiger partial charge < -0.3 is 15.1 Å². The molecule has 1 aromatic rings. The Morgan fingerprint density at radius 3 is 3.00 bits per heavy atom. The third-order valence-corrected chi connectivity index (χ3v) is 3.03. The molecule has 0 aromatic carbocycles. The van der Waals surface area contributed by atoms with Crippen LogP contribution in [0.3, 0.4) is 0 Å². The average Bonchev–Trinajstić information content (AvgIpc) is 2.76. The monoisotopic (exact) mass is 312 g/mol. The molecule has 2 rings (SSSR count). The van der Waals surface area contributed by atoms with Crippen LogP contribution in [-0.4, -0.2) is 24.4 Å². The van der Waals surface area contributed by atoms with Crippen LogP contribution in [-0.2, 0) is 9.59 Å². The van der Waals surface area contributed by atoms with Crippen LogP contribution in [0.25, 0.3) is 6.08 Å². The van der Waals surface area contributed by atoms with Crippen LogP contribution in [0.4, 0.5) is 0 Å². The maximum atomic E-state index is 11.6. The minimum absolute atomic E-state index is 0.00295. The normalized spacial score (nSPS) is 19.8. The maximum Gasteiger partial charge on any atom is 0.244 e. The third kappa shape index (κ3) is 3.73. The SMILES string of the molecule is O=C(/C=C/c1ccc(Br)o1)NC1CCC(=O)NC1. The number of hydrogen-bond acceptors (Lipinski definition) is 3. The van der Waals surface area contributed by atoms with Crippen molar-refractivity contribution in [3.63, 3.8) is 0 Å². The molecule has 2 heterocycles. The van der Waals surface area contributed by atoms with Crippen molar-refractivity contribution in [1.29, 1.82) is 0 Å². The van der Waals surface area contributed by atoms with Crippen LogP contribution < -0.4 is 10.6 Å². The summed E-state index contributed by atoms with van der Waals surface area (Å²) in [5, 5.41) is 5.53. The molecule has 1 atom stereocenters. The smallest absolute Gasteiger partial charge is 0.244 e. The van der Waals surface area contributed by atoms with Crippen molar-refractivity contribution in [3.05, 3.63) is 28.6 Å². The lowest BCUT2D eigenvalue weighted by molar-refractivity contribution is -0.124. The molecule has 1 aromatic heterocycles. The van der Waals surface area contributed by atoms with Gasteiger partial charge in [0.15, 0.2) is 4.67 Å². The van der Waals surface area contributed by atoms with Crippen LogP contribution in [0.15, 0.2) is 27.3 Å². The second kappa shape index (κ2) is 5.86. The van der Waals surface area contributed by atoms with E-state index in [2.05, 4.69) is 26.6 Å². The first-order chi connectivity index (χ1) is 8.63. The van der Waals surface area contributed by atoms with Crippen molar-refractivity contribution >= 4 is 33.8 Å². The number of amides is 2. The Bertz CT molecular complexity index is 471. The molecule has 6 heteroatoms. The number of rotatable bonds is 3. The summed E-state index contributed by atoms with van der Waals surface area (Å²) in [7, 11) is 0. The highest BCUT2D eigenvalue weighted by Gasteiger charge is 2.18. The number of piperidine rings is 1. The summed E-state index contributed by atoms with van der Waals surface area (Å²) in [6.45, 7) is 0.491. The van der Waals surface area contributed by atoms with Gasteiger partial charge in [-0.05, 0) is 40.6 Å². The van der Waals surface area contributed by atoms with Gasteiger partial charge in [0, 0.05) is 25.1 Å². The van der Waals surface area contributed by atoms with E-state index in [9.17, 15) is 9.59 Å². The Kier molecular flexibility index (Phi) is 4.19. The van der Waals surface area contributed by atoms with E-state index in [0.29, 0.717) is 29.8 Å². The highest BCUT2D eigenvalue weighted by molar-refractivity contribution is 9.10. The fraction of sp³-hybridized carbons (Fsp3) is 0.333. The minimum Gasteiger partial charge on any atom is -0.450 e. The van der Waals surface area contributed by atoms with E-state index in [1.807, 2.05) is 0 Å². The summed E-state index contributed by atoms with van der Waals surface area (Å²) in [6.07, 6.45) is 4.15. The van der Waals surface area contributed by atoms with Gasteiger partial charge >= 0.3 is 0 Å². The Morgan fingerprint density at radius 2 is 2.39 bits per heavy atom. The van der Waals surface area contributed by atoms with E-state index in [-0.39, 0.29) is 17.9 Å². The number of halogens is 1. The van der Waals surface area contributed by atoms with Crippen LogP contribution >= 0.6 is 15.9 Å². The van der Waals surface area contributed by atoms with Crippen LogP contribution in [0.2, 0.25) is 0 Å². The summed E-state index contributed by atoms with van der Waals surface area (Å²) < 4.78 is 5.85. The molecule has 1 aliphatic rings. The molecule has 1 unspecified atom stereocenters. The fourth-order valence-corrected chi connectivity index (χ4v) is 2.00. The van der Waals surface area contributed by atoms with Gasteiger partial charge in [0.25, 0.3) is 0 Å². The number of carbonyl (C=O) groups is 2. The molecule has 0 radical (unpaired) electrons. The van der Waals surface area contributed by atoms with Crippen LogP contribution in [0.5, 0.6) is 0 Å². The molecular weight excluding hydrogens is 300 g/mol. The Labute approximate surface area is 113 Å². The summed E-state index contributed by atoms with van der Waals surface area (Å²) in [6, 6.07) is 3.52. The molecule has 96 valence electrons. The van der Waals surface area contributed by atoms with Crippen molar-refractivity contribution in [1.82, 2.24) is 10.6 Å². The molecule has 1 aliphatic heterocycles. The van der Waals surface area contributed by atoms with Gasteiger partial charge in [-0.3, -0.25) is 9.59 Å². The first-order valence-corrected chi connectivity index (χ1v) is 6.43. The highest BCUT2D eigenvalue weighted by Crippen LogP contribution is 2.14. The molecule has 1 saturated heterocycles. The lowest BCUT2D eigenvalue weighted by Gasteiger charge is -2.22. The zero-order valence-corrected chi connectivity index (χ0v) is 11.2. The van der Waals surface area contributed by atoms with E-state index in [0.717, 1.165) is 0 Å². The number of nitrogens with one attached hydrogen (secondary N) is 2. The number of hydrogen-bond donors (Lipinski definition) is 2. The maximum absolute atomic E-state index is 11.6. The van der Waals surface area contributed by atoms with Gasteiger partial charge in [0.1, 0.15) is 5.76 Å². The Balaban J connectivity index is 1.81. The molecule has 0 bridgehead atoms. The van der Waals surface area contributed by atoms with Gasteiger partial charge in [-0.25, -0.2) is 0 Å². The Hall–Kier alpha value is -1.56. The van der Waals surface area contributed by atoms with Gasteiger partial charge in [-0.15, -0.1) is 0 Å². The largest absolute Gasteiger partial charge is 0.450 e. The number of furan rings is 1. The van der Waals surface area contributed by atoms with Gasteiger partial charge in [0.2, 0.25) is 11.8 Å². The van der Waals surface area contributed by atoms with Crippen molar-refractivity contribution < 1.29 is 14.0 Å². The molecule has 0 spiro atoms. The second-order valence-corrected chi connectivity index (χ2v) is 4.81. The van der Waals surface area contributed by atoms with Crippen LogP contribution in [0, 0.1) is 0 Å². The summed E-state index contributed by atoms with van der Waals surface area (Å²) in [5.74, 6) is 0.453. The molecule has 0 aliphatic carbocycles. The van der Waals surface area contributed by atoms with Gasteiger partial charge in [-0.1, -0.05) is 0 Å². The predicted molar refractivity (Wildman–Crippen MR) is 69.6 cm³/mol. The first-order valence-electron chi connectivity index (χ1n) is 5.64. The molecule has 2 amide bonds. The summed E-state index contributed by atoms with van der Waals surface area (Å²) >= 11 is 3.18. The third-order valence-electron chi connectivity index (χ3n) is 2.60. The Morgan fingerprint density at radius 1 is 1.56 bits per heavy atom. The lowest BCUT2D eigenvalue weighted by atomic mass is 10.1. The molecular formula is C12H13BrN2O3. The highest BCUT2D eigenvalue weighted by atomic mass is 79.9. The van der Waals surface area contributed by atoms with Crippen molar-refractivity contribution in [3.8, 4) is 0 Å². The summed E-state index contributed by atoms with van der Waals surface area (Å²) in [4.78, 5) is 22.6.